The molecule has 0 unspecified atom stereocenters. The quantitative estimate of drug-likeness (QED) is 0.751. The van der Waals surface area contributed by atoms with Gasteiger partial charge in [-0.25, -0.2) is 4.79 Å². The lowest BCUT2D eigenvalue weighted by Crippen LogP contribution is -2.50. The number of rotatable bonds is 5. The maximum absolute atomic E-state index is 12.5. The molecular weight excluding hydrogens is 330 g/mol. The summed E-state index contributed by atoms with van der Waals surface area (Å²) in [6.45, 7) is 0.521. The Labute approximate surface area is 142 Å². The minimum atomic E-state index is -0.582. The van der Waals surface area contributed by atoms with E-state index in [0.29, 0.717) is 29.7 Å². The van der Waals surface area contributed by atoms with Crippen LogP contribution >= 0.6 is 0 Å². The first kappa shape index (κ1) is 17.2. The molecule has 2 amide bonds. The van der Waals surface area contributed by atoms with Crippen molar-refractivity contribution < 1.29 is 23.5 Å². The number of hydrogen-bond acceptors (Lipinski definition) is 6. The highest BCUT2D eigenvalue weighted by molar-refractivity contribution is 5.97. The summed E-state index contributed by atoms with van der Waals surface area (Å²) in [7, 11) is 1.57. The predicted molar refractivity (Wildman–Crippen MR) is 87.1 cm³/mol. The van der Waals surface area contributed by atoms with E-state index in [0.717, 1.165) is 0 Å². The average Bonchev–Trinajstić information content (AvgIpc) is 2.88. The van der Waals surface area contributed by atoms with Gasteiger partial charge in [-0.1, -0.05) is 0 Å². The van der Waals surface area contributed by atoms with Gasteiger partial charge in [-0.3, -0.25) is 14.2 Å². The molecular formula is C16H19N3O6. The van der Waals surface area contributed by atoms with E-state index in [1.165, 1.54) is 4.57 Å². The highest BCUT2D eigenvalue weighted by Crippen LogP contribution is 2.16. The van der Waals surface area contributed by atoms with Crippen molar-refractivity contribution in [2.24, 2.45) is 12.8 Å². The van der Waals surface area contributed by atoms with E-state index in [1.807, 2.05) is 0 Å². The highest BCUT2D eigenvalue weighted by atomic mass is 16.5. The summed E-state index contributed by atoms with van der Waals surface area (Å²) < 4.78 is 17.1. The summed E-state index contributed by atoms with van der Waals surface area (Å²) in [5, 5.41) is 2.89. The summed E-state index contributed by atoms with van der Waals surface area (Å²) in [6, 6.07) is 4.45. The van der Waals surface area contributed by atoms with Crippen LogP contribution in [0.25, 0.3) is 11.1 Å². The molecule has 0 spiro atoms. The Hall–Kier alpha value is -2.65. The number of nitrogens with one attached hydrogen (secondary N) is 1. The third kappa shape index (κ3) is 3.72. The van der Waals surface area contributed by atoms with Gasteiger partial charge in [0.15, 0.2) is 5.58 Å². The molecule has 9 heteroatoms. The molecule has 25 heavy (non-hydrogen) atoms. The second-order valence-corrected chi connectivity index (χ2v) is 5.87. The minimum absolute atomic E-state index is 0.233. The number of carbonyl (C=O) groups is 2. The van der Waals surface area contributed by atoms with Crippen LogP contribution in [0.15, 0.2) is 27.4 Å². The van der Waals surface area contributed by atoms with Crippen molar-refractivity contribution in [2.75, 3.05) is 19.8 Å². The number of aryl methyl sites for hydroxylation is 1. The lowest BCUT2D eigenvalue weighted by Gasteiger charge is -2.31. The molecule has 3 rings (SSSR count). The Morgan fingerprint density at radius 1 is 1.44 bits per heavy atom. The van der Waals surface area contributed by atoms with E-state index in [9.17, 15) is 14.4 Å². The summed E-state index contributed by atoms with van der Waals surface area (Å²) in [5.41, 5.74) is 6.43. The van der Waals surface area contributed by atoms with Crippen molar-refractivity contribution in [2.45, 2.75) is 18.6 Å². The summed E-state index contributed by atoms with van der Waals surface area (Å²) >= 11 is 0. The van der Waals surface area contributed by atoms with Crippen molar-refractivity contribution in [3.63, 3.8) is 0 Å². The lowest BCUT2D eigenvalue weighted by molar-refractivity contribution is -0.129. The largest absolute Gasteiger partial charge is 0.419 e. The topological polar surface area (TPSA) is 126 Å². The molecule has 0 radical (unpaired) electrons. The van der Waals surface area contributed by atoms with Gasteiger partial charge in [0.2, 0.25) is 5.91 Å². The van der Waals surface area contributed by atoms with E-state index in [2.05, 4.69) is 5.32 Å². The zero-order chi connectivity index (χ0) is 18.0. The number of ether oxygens (including phenoxy) is 2. The number of carbonyl (C=O) groups excluding carboxylic acids is 2. The first-order chi connectivity index (χ1) is 12.0. The SMILES string of the molecule is Cn1c(=O)oc2ccc(C(=O)N[C@@H]3CCOC[C@H]3OCC(N)=O)cc21. The monoisotopic (exact) mass is 349 g/mol. The lowest BCUT2D eigenvalue weighted by atomic mass is 10.0. The number of fused-ring (bicyclic) bond motifs is 1. The highest BCUT2D eigenvalue weighted by Gasteiger charge is 2.28. The van der Waals surface area contributed by atoms with Gasteiger partial charge in [-0.05, 0) is 24.6 Å². The zero-order valence-electron chi connectivity index (χ0n) is 13.7. The molecule has 1 aliphatic heterocycles. The Kier molecular flexibility index (Phi) is 4.86. The number of amides is 2. The van der Waals surface area contributed by atoms with Crippen LogP contribution < -0.4 is 16.8 Å². The van der Waals surface area contributed by atoms with Crippen LogP contribution in [0.3, 0.4) is 0 Å². The molecule has 2 heterocycles. The number of nitrogens with two attached hydrogens (primary N) is 1. The summed E-state index contributed by atoms with van der Waals surface area (Å²) in [5.74, 6) is -1.38. The van der Waals surface area contributed by atoms with Crippen LogP contribution in [0.1, 0.15) is 16.8 Å². The smallest absolute Gasteiger partial charge is 0.408 e. The van der Waals surface area contributed by atoms with Gasteiger partial charge in [0.1, 0.15) is 12.7 Å². The fourth-order valence-electron chi connectivity index (χ4n) is 2.75. The maximum Gasteiger partial charge on any atom is 0.419 e. The van der Waals surface area contributed by atoms with Crippen molar-refractivity contribution >= 4 is 22.9 Å². The molecule has 134 valence electrons. The molecule has 2 atom stereocenters. The fraction of sp³-hybridized carbons (Fsp3) is 0.438. The molecule has 2 aromatic rings. The third-order valence-corrected chi connectivity index (χ3v) is 4.11. The normalized spacial score (nSPS) is 20.5. The Balaban J connectivity index is 1.74. The Bertz CT molecular complexity index is 855. The number of aromatic nitrogens is 1. The van der Waals surface area contributed by atoms with Gasteiger partial charge in [-0.15, -0.1) is 0 Å². The van der Waals surface area contributed by atoms with E-state index in [1.54, 1.807) is 25.2 Å². The van der Waals surface area contributed by atoms with E-state index >= 15 is 0 Å². The van der Waals surface area contributed by atoms with Gasteiger partial charge in [0.25, 0.3) is 5.91 Å². The number of benzene rings is 1. The molecule has 1 aliphatic rings. The van der Waals surface area contributed by atoms with Crippen LogP contribution in [-0.2, 0) is 21.3 Å². The van der Waals surface area contributed by atoms with Crippen LogP contribution in [0.4, 0.5) is 0 Å². The van der Waals surface area contributed by atoms with Crippen molar-refractivity contribution in [1.29, 1.82) is 0 Å². The van der Waals surface area contributed by atoms with Gasteiger partial charge < -0.3 is 24.9 Å². The molecule has 9 nitrogen and oxygen atoms in total. The minimum Gasteiger partial charge on any atom is -0.408 e. The van der Waals surface area contributed by atoms with Crippen LogP contribution in [0.5, 0.6) is 0 Å². The Morgan fingerprint density at radius 2 is 2.24 bits per heavy atom. The van der Waals surface area contributed by atoms with Crippen molar-refractivity contribution in [3.8, 4) is 0 Å². The molecule has 1 saturated heterocycles. The maximum atomic E-state index is 12.5. The number of nitrogens with zero attached hydrogens (tertiary/aromatic N) is 1. The second kappa shape index (κ2) is 7.08. The first-order valence-electron chi connectivity index (χ1n) is 7.84. The first-order valence-corrected chi connectivity index (χ1v) is 7.84. The second-order valence-electron chi connectivity index (χ2n) is 5.87. The van der Waals surface area contributed by atoms with E-state index in [-0.39, 0.29) is 25.2 Å². The van der Waals surface area contributed by atoms with Crippen molar-refractivity contribution in [1.82, 2.24) is 9.88 Å². The summed E-state index contributed by atoms with van der Waals surface area (Å²) in [6.07, 6.45) is 0.105. The van der Waals surface area contributed by atoms with Gasteiger partial charge >= 0.3 is 5.76 Å². The predicted octanol–water partition coefficient (Wildman–Crippen LogP) is -0.479. The third-order valence-electron chi connectivity index (χ3n) is 4.11. The van der Waals surface area contributed by atoms with Gasteiger partial charge in [0.05, 0.1) is 18.2 Å². The van der Waals surface area contributed by atoms with E-state index < -0.39 is 17.8 Å². The number of oxazole rings is 1. The summed E-state index contributed by atoms with van der Waals surface area (Å²) in [4.78, 5) is 35.0. The molecule has 0 aliphatic carbocycles. The van der Waals surface area contributed by atoms with Gasteiger partial charge in [-0.2, -0.15) is 0 Å². The fourth-order valence-corrected chi connectivity index (χ4v) is 2.75. The Morgan fingerprint density at radius 3 is 3.00 bits per heavy atom. The molecule has 0 saturated carbocycles. The van der Waals surface area contributed by atoms with Crippen LogP contribution in [0, 0.1) is 0 Å². The van der Waals surface area contributed by atoms with Crippen molar-refractivity contribution in [3.05, 3.63) is 34.3 Å². The molecule has 1 fully saturated rings. The van der Waals surface area contributed by atoms with Crippen LogP contribution in [0.2, 0.25) is 0 Å². The number of primary amides is 1. The van der Waals surface area contributed by atoms with Gasteiger partial charge in [0, 0.05) is 19.2 Å². The molecule has 1 aromatic carbocycles. The zero-order valence-corrected chi connectivity index (χ0v) is 13.7. The molecule has 0 bridgehead atoms. The number of hydrogen-bond donors (Lipinski definition) is 2. The van der Waals surface area contributed by atoms with E-state index in [4.69, 9.17) is 19.6 Å². The molecule has 1 aromatic heterocycles. The molecule has 3 N–H and O–H groups in total. The van der Waals surface area contributed by atoms with Crippen LogP contribution in [-0.4, -0.2) is 48.3 Å². The average molecular weight is 349 g/mol. The standard InChI is InChI=1S/C16H19N3O6/c1-19-11-6-9(2-3-12(11)25-16(19)22)15(21)18-10-4-5-23-7-13(10)24-8-14(17)20/h2-3,6,10,13H,4-5,7-8H2,1H3,(H2,17,20)(H,18,21)/t10-,13-/m1/s1.